The molecule has 4 rings (SSSR count). The van der Waals surface area contributed by atoms with Crippen LogP contribution in [0.3, 0.4) is 0 Å². The van der Waals surface area contributed by atoms with Crippen molar-refractivity contribution in [1.82, 2.24) is 5.43 Å². The minimum Gasteiger partial charge on any atom is -0.497 e. The molecule has 0 aliphatic rings. The van der Waals surface area contributed by atoms with Gasteiger partial charge in [-0.1, -0.05) is 47.5 Å². The van der Waals surface area contributed by atoms with Gasteiger partial charge in [0.15, 0.2) is 11.5 Å². The SMILES string of the molecule is COc1ccc(OC)c(N(CC(=O)N/N=C\c2cc(Br)c(OCc3ccccc3Cl)c(OC)c2)S(=O)(=O)c2ccc(C)cc2)c1. The quantitative estimate of drug-likeness (QED) is 0.127. The van der Waals surface area contributed by atoms with Crippen molar-refractivity contribution >= 4 is 55.4 Å². The zero-order valence-electron chi connectivity index (χ0n) is 24.9. The summed E-state index contributed by atoms with van der Waals surface area (Å²) in [6.07, 6.45) is 1.40. The smallest absolute Gasteiger partial charge is 0.264 e. The van der Waals surface area contributed by atoms with Crippen LogP contribution in [0.5, 0.6) is 23.0 Å². The number of carbonyl (C=O) groups excluding carboxylic acids is 1. The summed E-state index contributed by atoms with van der Waals surface area (Å²) in [6.45, 7) is 1.47. The Morgan fingerprint density at radius 2 is 1.67 bits per heavy atom. The van der Waals surface area contributed by atoms with Crippen LogP contribution in [0.4, 0.5) is 5.69 Å². The largest absolute Gasteiger partial charge is 0.497 e. The van der Waals surface area contributed by atoms with Crippen LogP contribution in [0.25, 0.3) is 0 Å². The Bertz CT molecular complexity index is 1800. The number of halogens is 2. The Morgan fingerprint density at radius 1 is 0.956 bits per heavy atom. The number of aryl methyl sites for hydroxylation is 1. The van der Waals surface area contributed by atoms with Crippen LogP contribution in [0.2, 0.25) is 5.02 Å². The van der Waals surface area contributed by atoms with Crippen LogP contribution in [-0.4, -0.2) is 48.4 Å². The fourth-order valence-electron chi connectivity index (χ4n) is 4.19. The lowest BCUT2D eigenvalue weighted by Crippen LogP contribution is -2.39. The standard InChI is InChI=1S/C32H31BrClN3O7S/c1-21-9-12-25(13-10-21)45(39,40)37(28-17-24(41-2)11-14-29(28)42-3)19-31(38)36-35-18-22-15-26(33)32(30(16-22)43-4)44-20-23-7-5-6-8-27(23)34/h5-18H,19-20H2,1-4H3,(H,36,38)/b35-18-. The van der Waals surface area contributed by atoms with Gasteiger partial charge < -0.3 is 18.9 Å². The number of hydrogen-bond acceptors (Lipinski definition) is 8. The zero-order chi connectivity index (χ0) is 32.6. The van der Waals surface area contributed by atoms with Crippen LogP contribution >= 0.6 is 27.5 Å². The topological polar surface area (TPSA) is 116 Å². The van der Waals surface area contributed by atoms with Gasteiger partial charge in [-0.3, -0.25) is 9.10 Å². The van der Waals surface area contributed by atoms with Crippen molar-refractivity contribution in [2.24, 2.45) is 5.10 Å². The van der Waals surface area contributed by atoms with Crippen molar-refractivity contribution in [2.45, 2.75) is 18.4 Å². The lowest BCUT2D eigenvalue weighted by atomic mass is 10.2. The minimum absolute atomic E-state index is 0.00284. The molecule has 236 valence electrons. The van der Waals surface area contributed by atoms with Crippen molar-refractivity contribution in [3.63, 3.8) is 0 Å². The first kappa shape index (κ1) is 33.6. The van der Waals surface area contributed by atoms with Gasteiger partial charge in [0.05, 0.1) is 42.6 Å². The van der Waals surface area contributed by atoms with Crippen LogP contribution in [0.15, 0.2) is 93.3 Å². The van der Waals surface area contributed by atoms with E-state index in [0.29, 0.717) is 32.3 Å². The second kappa shape index (κ2) is 15.2. The van der Waals surface area contributed by atoms with Crippen LogP contribution in [0, 0.1) is 6.92 Å². The Balaban J connectivity index is 1.55. The summed E-state index contributed by atoms with van der Waals surface area (Å²) in [5, 5.41) is 4.63. The molecule has 0 aliphatic carbocycles. The Labute approximate surface area is 275 Å². The van der Waals surface area contributed by atoms with Crippen molar-refractivity contribution < 1.29 is 32.2 Å². The first-order valence-corrected chi connectivity index (χ1v) is 16.1. The van der Waals surface area contributed by atoms with E-state index in [4.69, 9.17) is 30.5 Å². The second-order valence-corrected chi connectivity index (χ2v) is 12.7. The molecule has 0 spiro atoms. The second-order valence-electron chi connectivity index (χ2n) is 9.57. The predicted molar refractivity (Wildman–Crippen MR) is 177 cm³/mol. The van der Waals surface area contributed by atoms with E-state index in [9.17, 15) is 13.2 Å². The molecule has 0 atom stereocenters. The molecule has 0 saturated heterocycles. The number of rotatable bonds is 13. The third-order valence-electron chi connectivity index (χ3n) is 6.54. The molecular formula is C32H31BrClN3O7S. The number of nitrogens with one attached hydrogen (secondary N) is 1. The van der Waals surface area contributed by atoms with E-state index >= 15 is 0 Å². The molecule has 0 aromatic heterocycles. The number of ether oxygens (including phenoxy) is 4. The van der Waals surface area contributed by atoms with Crippen molar-refractivity contribution in [2.75, 3.05) is 32.2 Å². The van der Waals surface area contributed by atoms with Gasteiger partial charge in [0.1, 0.15) is 24.7 Å². The molecule has 4 aromatic carbocycles. The number of hydrogen-bond donors (Lipinski definition) is 1. The molecule has 0 fully saturated rings. The predicted octanol–water partition coefficient (Wildman–Crippen LogP) is 6.36. The van der Waals surface area contributed by atoms with Gasteiger partial charge in [-0.15, -0.1) is 0 Å². The van der Waals surface area contributed by atoms with E-state index in [1.165, 1.54) is 45.7 Å². The minimum atomic E-state index is -4.21. The number of methoxy groups -OCH3 is 3. The number of sulfonamides is 1. The molecule has 4 aromatic rings. The third-order valence-corrected chi connectivity index (χ3v) is 9.27. The fraction of sp³-hybridized carbons (Fsp3) is 0.188. The average Bonchev–Trinajstić information content (AvgIpc) is 3.03. The molecule has 45 heavy (non-hydrogen) atoms. The summed E-state index contributed by atoms with van der Waals surface area (Å²) in [4.78, 5) is 13.1. The summed E-state index contributed by atoms with van der Waals surface area (Å²) in [5.74, 6) is 0.800. The lowest BCUT2D eigenvalue weighted by Gasteiger charge is -2.25. The molecule has 0 saturated carbocycles. The summed E-state index contributed by atoms with van der Waals surface area (Å²) >= 11 is 9.75. The third kappa shape index (κ3) is 8.27. The number of benzene rings is 4. The van der Waals surface area contributed by atoms with Gasteiger partial charge in [0, 0.05) is 16.7 Å². The maximum atomic E-state index is 13.8. The Hall–Kier alpha value is -4.26. The van der Waals surface area contributed by atoms with E-state index in [2.05, 4.69) is 26.5 Å². The Morgan fingerprint density at radius 3 is 2.33 bits per heavy atom. The lowest BCUT2D eigenvalue weighted by molar-refractivity contribution is -0.119. The van der Waals surface area contributed by atoms with Crippen LogP contribution in [-0.2, 0) is 21.4 Å². The molecule has 13 heteroatoms. The number of hydrazone groups is 1. The first-order chi connectivity index (χ1) is 21.6. The molecular weight excluding hydrogens is 686 g/mol. The van der Waals surface area contributed by atoms with Crippen LogP contribution < -0.4 is 28.7 Å². The number of amides is 1. The van der Waals surface area contributed by atoms with Gasteiger partial charge in [-0.25, -0.2) is 13.8 Å². The highest BCUT2D eigenvalue weighted by Crippen LogP contribution is 2.38. The molecule has 10 nitrogen and oxygen atoms in total. The maximum absolute atomic E-state index is 13.8. The van der Waals surface area contributed by atoms with E-state index in [-0.39, 0.29) is 22.9 Å². The van der Waals surface area contributed by atoms with Crippen molar-refractivity contribution in [3.05, 3.63) is 105 Å². The monoisotopic (exact) mass is 715 g/mol. The van der Waals surface area contributed by atoms with Crippen molar-refractivity contribution in [3.8, 4) is 23.0 Å². The highest BCUT2D eigenvalue weighted by Gasteiger charge is 2.30. The Kier molecular flexibility index (Phi) is 11.3. The number of nitrogens with zero attached hydrogens (tertiary/aromatic N) is 2. The summed E-state index contributed by atoms with van der Waals surface area (Å²) in [7, 11) is 0.158. The summed E-state index contributed by atoms with van der Waals surface area (Å²) in [5.41, 5.74) is 4.80. The molecule has 0 heterocycles. The van der Waals surface area contributed by atoms with Gasteiger partial charge in [-0.2, -0.15) is 5.10 Å². The first-order valence-electron chi connectivity index (χ1n) is 13.4. The highest BCUT2D eigenvalue weighted by molar-refractivity contribution is 9.10. The van der Waals surface area contributed by atoms with Crippen molar-refractivity contribution in [1.29, 1.82) is 0 Å². The average molecular weight is 717 g/mol. The number of carbonyl (C=O) groups is 1. The van der Waals surface area contributed by atoms with Gasteiger partial charge >= 0.3 is 0 Å². The molecule has 1 amide bonds. The molecule has 0 radical (unpaired) electrons. The summed E-state index contributed by atoms with van der Waals surface area (Å²) in [6, 6.07) is 21.8. The van der Waals surface area contributed by atoms with Gasteiger partial charge in [-0.05, 0) is 70.9 Å². The summed E-state index contributed by atoms with van der Waals surface area (Å²) < 4.78 is 51.4. The zero-order valence-corrected chi connectivity index (χ0v) is 28.1. The van der Waals surface area contributed by atoms with Gasteiger partial charge in [0.2, 0.25) is 0 Å². The highest BCUT2D eigenvalue weighted by atomic mass is 79.9. The molecule has 0 unspecified atom stereocenters. The van der Waals surface area contributed by atoms with E-state index in [1.807, 2.05) is 25.1 Å². The molecule has 0 bridgehead atoms. The maximum Gasteiger partial charge on any atom is 0.264 e. The molecule has 0 aliphatic heterocycles. The van der Waals surface area contributed by atoms with E-state index in [1.54, 1.807) is 42.5 Å². The van der Waals surface area contributed by atoms with E-state index < -0.39 is 22.5 Å². The fourth-order valence-corrected chi connectivity index (χ4v) is 6.38. The molecule has 1 N–H and O–H groups in total. The normalized spacial score (nSPS) is 11.2. The van der Waals surface area contributed by atoms with Crippen LogP contribution in [0.1, 0.15) is 16.7 Å². The van der Waals surface area contributed by atoms with E-state index in [0.717, 1.165) is 15.4 Å². The van der Waals surface area contributed by atoms with Gasteiger partial charge in [0.25, 0.3) is 15.9 Å². The number of anilines is 1.